The smallest absolute Gasteiger partial charge is 0.221 e. The Morgan fingerprint density at radius 3 is 2.33 bits per heavy atom. The van der Waals surface area contributed by atoms with Crippen molar-refractivity contribution in [2.45, 2.75) is 27.7 Å². The average Bonchev–Trinajstić information content (AvgIpc) is 2.27. The van der Waals surface area contributed by atoms with Crippen molar-refractivity contribution in [3.8, 4) is 11.8 Å². The molecule has 0 bridgehead atoms. The molecule has 1 N–H and O–H groups in total. The predicted octanol–water partition coefficient (Wildman–Crippen LogP) is 3.21. The summed E-state index contributed by atoms with van der Waals surface area (Å²) in [6.07, 6.45) is 1.75. The monoisotopic (exact) mass is 241 g/mol. The molecule has 94 valence electrons. The van der Waals surface area contributed by atoms with Crippen LogP contribution in [0.15, 0.2) is 36.4 Å². The van der Waals surface area contributed by atoms with Gasteiger partial charge in [0, 0.05) is 18.4 Å². The number of carbonyl (C=O) groups is 1. The first kappa shape index (κ1) is 14.1. The van der Waals surface area contributed by atoms with Gasteiger partial charge in [0.05, 0.1) is 5.70 Å². The second-order valence-electron chi connectivity index (χ2n) is 5.12. The van der Waals surface area contributed by atoms with E-state index in [1.165, 1.54) is 6.92 Å². The fourth-order valence-corrected chi connectivity index (χ4v) is 1.32. The standard InChI is InChI=1S/C16H19NO/c1-13(18)17-15(11-8-12-16(2,3)4)14-9-6-5-7-10-14/h5-7,9-11H,1-4H3,(H,17,18)/b15-11-. The molecular weight excluding hydrogens is 222 g/mol. The summed E-state index contributed by atoms with van der Waals surface area (Å²) in [5.41, 5.74) is 1.64. The minimum absolute atomic E-state index is 0.0471. The Morgan fingerprint density at radius 1 is 1.22 bits per heavy atom. The molecule has 0 radical (unpaired) electrons. The van der Waals surface area contributed by atoms with Gasteiger partial charge in [-0.3, -0.25) is 4.79 Å². The van der Waals surface area contributed by atoms with Crippen LogP contribution in [0.25, 0.3) is 5.70 Å². The fourth-order valence-electron chi connectivity index (χ4n) is 1.32. The van der Waals surface area contributed by atoms with Crippen LogP contribution in [0.4, 0.5) is 0 Å². The summed E-state index contributed by atoms with van der Waals surface area (Å²) in [5, 5.41) is 2.80. The lowest BCUT2D eigenvalue weighted by Gasteiger charge is -2.08. The van der Waals surface area contributed by atoms with Gasteiger partial charge < -0.3 is 5.32 Å². The zero-order chi connectivity index (χ0) is 13.6. The van der Waals surface area contributed by atoms with Gasteiger partial charge in [-0.1, -0.05) is 42.2 Å². The first-order chi connectivity index (χ1) is 8.38. The Hall–Kier alpha value is -2.01. The molecule has 1 amide bonds. The van der Waals surface area contributed by atoms with Crippen LogP contribution in [0.1, 0.15) is 33.3 Å². The highest BCUT2D eigenvalue weighted by Crippen LogP contribution is 2.12. The molecule has 0 aromatic heterocycles. The van der Waals surface area contributed by atoms with E-state index in [2.05, 4.69) is 37.9 Å². The fraction of sp³-hybridized carbons (Fsp3) is 0.312. The normalized spacial score (nSPS) is 11.4. The summed E-state index contributed by atoms with van der Waals surface area (Å²) < 4.78 is 0. The predicted molar refractivity (Wildman–Crippen MR) is 75.5 cm³/mol. The number of amides is 1. The maximum Gasteiger partial charge on any atom is 0.221 e. The van der Waals surface area contributed by atoms with Crippen molar-refractivity contribution in [1.82, 2.24) is 5.32 Å². The van der Waals surface area contributed by atoms with Crippen LogP contribution in [-0.4, -0.2) is 5.91 Å². The van der Waals surface area contributed by atoms with Crippen LogP contribution >= 0.6 is 0 Å². The molecule has 0 unspecified atom stereocenters. The molecule has 0 saturated carbocycles. The first-order valence-corrected chi connectivity index (χ1v) is 5.94. The van der Waals surface area contributed by atoms with E-state index in [9.17, 15) is 4.79 Å². The first-order valence-electron chi connectivity index (χ1n) is 5.94. The Labute approximate surface area is 109 Å². The summed E-state index contributed by atoms with van der Waals surface area (Å²) in [7, 11) is 0. The van der Waals surface area contributed by atoms with Crippen LogP contribution in [0.2, 0.25) is 0 Å². The molecule has 0 atom stereocenters. The number of nitrogens with one attached hydrogen (secondary N) is 1. The van der Waals surface area contributed by atoms with Crippen molar-refractivity contribution in [3.63, 3.8) is 0 Å². The van der Waals surface area contributed by atoms with Crippen LogP contribution in [0, 0.1) is 17.3 Å². The Balaban J connectivity index is 3.02. The number of hydrogen-bond donors (Lipinski definition) is 1. The van der Waals surface area contributed by atoms with Gasteiger partial charge >= 0.3 is 0 Å². The lowest BCUT2D eigenvalue weighted by molar-refractivity contribution is -0.117. The lowest BCUT2D eigenvalue weighted by Crippen LogP contribution is -2.17. The maximum absolute atomic E-state index is 11.2. The van der Waals surface area contributed by atoms with Gasteiger partial charge in [0.25, 0.3) is 0 Å². The molecule has 0 fully saturated rings. The number of carbonyl (C=O) groups excluding carboxylic acids is 1. The van der Waals surface area contributed by atoms with E-state index < -0.39 is 0 Å². The van der Waals surface area contributed by atoms with E-state index in [4.69, 9.17) is 0 Å². The third-order valence-electron chi connectivity index (χ3n) is 2.06. The molecular formula is C16H19NO. The third-order valence-corrected chi connectivity index (χ3v) is 2.06. The highest BCUT2D eigenvalue weighted by atomic mass is 16.1. The largest absolute Gasteiger partial charge is 0.325 e. The number of hydrogen-bond acceptors (Lipinski definition) is 1. The van der Waals surface area contributed by atoms with Gasteiger partial charge in [-0.05, 0) is 26.3 Å². The Kier molecular flexibility index (Phi) is 4.74. The summed E-state index contributed by atoms with van der Waals surface area (Å²) in [5.74, 6) is 6.03. The molecule has 1 aromatic rings. The summed E-state index contributed by atoms with van der Waals surface area (Å²) in [4.78, 5) is 11.2. The van der Waals surface area contributed by atoms with Gasteiger partial charge in [0.1, 0.15) is 0 Å². The Bertz CT molecular complexity index is 495. The summed E-state index contributed by atoms with van der Waals surface area (Å²) in [6.45, 7) is 7.64. The molecule has 2 nitrogen and oxygen atoms in total. The molecule has 1 rings (SSSR count). The molecule has 0 heterocycles. The second-order valence-corrected chi connectivity index (χ2v) is 5.12. The van der Waals surface area contributed by atoms with Crippen LogP contribution in [0.3, 0.4) is 0 Å². The van der Waals surface area contributed by atoms with Crippen LogP contribution in [0.5, 0.6) is 0 Å². The van der Waals surface area contributed by atoms with E-state index in [0.29, 0.717) is 0 Å². The molecule has 0 saturated heterocycles. The van der Waals surface area contributed by atoms with E-state index in [1.807, 2.05) is 30.3 Å². The highest BCUT2D eigenvalue weighted by molar-refractivity contribution is 5.85. The zero-order valence-corrected chi connectivity index (χ0v) is 11.4. The topological polar surface area (TPSA) is 29.1 Å². The molecule has 18 heavy (non-hydrogen) atoms. The Morgan fingerprint density at radius 2 is 1.83 bits per heavy atom. The van der Waals surface area contributed by atoms with Gasteiger partial charge in [-0.2, -0.15) is 0 Å². The number of rotatable bonds is 2. The molecule has 1 aromatic carbocycles. The number of allylic oxidation sites excluding steroid dienone is 1. The second kappa shape index (κ2) is 6.07. The van der Waals surface area contributed by atoms with E-state index in [1.54, 1.807) is 6.08 Å². The highest BCUT2D eigenvalue weighted by Gasteiger charge is 2.04. The van der Waals surface area contributed by atoms with Crippen molar-refractivity contribution in [3.05, 3.63) is 42.0 Å². The third kappa shape index (κ3) is 5.36. The molecule has 0 aliphatic rings. The number of benzene rings is 1. The van der Waals surface area contributed by atoms with Gasteiger partial charge in [-0.25, -0.2) is 0 Å². The molecule has 0 spiro atoms. The minimum Gasteiger partial charge on any atom is -0.325 e. The van der Waals surface area contributed by atoms with Crippen molar-refractivity contribution in [2.24, 2.45) is 5.41 Å². The van der Waals surface area contributed by atoms with E-state index >= 15 is 0 Å². The van der Waals surface area contributed by atoms with Gasteiger partial charge in [0.15, 0.2) is 0 Å². The van der Waals surface area contributed by atoms with Crippen molar-refractivity contribution < 1.29 is 4.79 Å². The van der Waals surface area contributed by atoms with Gasteiger partial charge in [-0.15, -0.1) is 0 Å². The SMILES string of the molecule is CC(=O)N/C(=C\C#CC(C)(C)C)c1ccccc1. The van der Waals surface area contributed by atoms with Gasteiger partial charge in [0.2, 0.25) is 5.91 Å². The maximum atomic E-state index is 11.2. The average molecular weight is 241 g/mol. The zero-order valence-electron chi connectivity index (χ0n) is 11.4. The molecule has 0 aliphatic carbocycles. The lowest BCUT2D eigenvalue weighted by atomic mass is 9.98. The van der Waals surface area contributed by atoms with E-state index in [0.717, 1.165) is 11.3 Å². The molecule has 0 aliphatic heterocycles. The summed E-state index contributed by atoms with van der Waals surface area (Å²) >= 11 is 0. The summed E-state index contributed by atoms with van der Waals surface area (Å²) in [6, 6.07) is 9.70. The van der Waals surface area contributed by atoms with Crippen molar-refractivity contribution in [2.75, 3.05) is 0 Å². The van der Waals surface area contributed by atoms with Crippen LogP contribution in [-0.2, 0) is 4.79 Å². The van der Waals surface area contributed by atoms with E-state index in [-0.39, 0.29) is 11.3 Å². The molecule has 2 heteroatoms. The van der Waals surface area contributed by atoms with Crippen LogP contribution < -0.4 is 5.32 Å². The quantitative estimate of drug-likeness (QED) is 0.791. The minimum atomic E-state index is -0.0948. The van der Waals surface area contributed by atoms with Crippen molar-refractivity contribution >= 4 is 11.6 Å². The van der Waals surface area contributed by atoms with Crippen molar-refractivity contribution in [1.29, 1.82) is 0 Å².